The van der Waals surface area contributed by atoms with Crippen molar-refractivity contribution in [2.24, 2.45) is 0 Å². The van der Waals surface area contributed by atoms with E-state index in [9.17, 15) is 4.79 Å². The van der Waals surface area contributed by atoms with Crippen molar-refractivity contribution in [3.63, 3.8) is 0 Å². The van der Waals surface area contributed by atoms with E-state index in [0.717, 1.165) is 41.0 Å². The molecule has 1 N–H and O–H groups in total. The maximum Gasteiger partial charge on any atom is 0.410 e. The molecule has 0 aliphatic carbocycles. The van der Waals surface area contributed by atoms with Gasteiger partial charge in [-0.2, -0.15) is 0 Å². The lowest BCUT2D eigenvalue weighted by Crippen LogP contribution is -2.61. The van der Waals surface area contributed by atoms with Gasteiger partial charge in [0.05, 0.1) is 28.0 Å². The van der Waals surface area contributed by atoms with Crippen LogP contribution in [0.15, 0.2) is 65.8 Å². The minimum Gasteiger partial charge on any atom is -0.444 e. The summed E-state index contributed by atoms with van der Waals surface area (Å²) in [6.07, 6.45) is 10.7. The molecule has 1 aliphatic heterocycles. The van der Waals surface area contributed by atoms with Crippen LogP contribution in [0.25, 0.3) is 11.0 Å². The summed E-state index contributed by atoms with van der Waals surface area (Å²) in [5.74, 6) is 0. The summed E-state index contributed by atoms with van der Waals surface area (Å²) < 4.78 is 5.70. The second-order valence-electron chi connectivity index (χ2n) is 11.2. The highest BCUT2D eigenvalue weighted by Gasteiger charge is 2.39. The number of fused-ring (bicyclic) bond motifs is 1. The third kappa shape index (κ3) is 7.57. The van der Waals surface area contributed by atoms with Gasteiger partial charge in [-0.05, 0) is 78.7 Å². The van der Waals surface area contributed by atoms with Gasteiger partial charge in [-0.25, -0.2) is 4.79 Å². The molecule has 1 fully saturated rings. The number of carbonyl (C=O) groups excluding carboxylic acids is 1. The van der Waals surface area contributed by atoms with Gasteiger partial charge in [-0.3, -0.25) is 14.9 Å². The highest BCUT2D eigenvalue weighted by Crippen LogP contribution is 2.28. The first-order valence-electron chi connectivity index (χ1n) is 13.2. The molecule has 0 atom stereocenters. The molecule has 1 amide bonds. The zero-order valence-corrected chi connectivity index (χ0v) is 23.8. The average Bonchev–Trinajstić information content (AvgIpc) is 2.83. The fourth-order valence-electron chi connectivity index (χ4n) is 4.38. The summed E-state index contributed by atoms with van der Waals surface area (Å²) in [6.45, 7) is 19.0. The standard InChI is InChI=1S/C30H43N5O2/c1-9-22(3)11-14-27(34-17-18-35(30(7,8)21-34)28(36)37-29(4,5)6)24(10-2)33-20-23-12-13-25-26(19-23)32-16-15-31-25/h10-16,19,33H,9,17-18,20-21H2,1-8H3/b22-11+,24-10+,27-14+. The summed E-state index contributed by atoms with van der Waals surface area (Å²) in [7, 11) is 0. The number of hydrogen-bond acceptors (Lipinski definition) is 6. The molecular formula is C30H43N5O2. The lowest BCUT2D eigenvalue weighted by molar-refractivity contribution is -0.0174. The van der Waals surface area contributed by atoms with E-state index >= 15 is 0 Å². The number of benzene rings is 1. The summed E-state index contributed by atoms with van der Waals surface area (Å²) >= 11 is 0. The number of ether oxygens (including phenoxy) is 1. The number of amides is 1. The van der Waals surface area contributed by atoms with E-state index in [1.54, 1.807) is 12.4 Å². The van der Waals surface area contributed by atoms with E-state index in [1.807, 2.05) is 31.7 Å². The Morgan fingerprint density at radius 2 is 1.84 bits per heavy atom. The first-order chi connectivity index (χ1) is 17.4. The molecule has 7 nitrogen and oxygen atoms in total. The van der Waals surface area contributed by atoms with Crippen molar-refractivity contribution in [3.8, 4) is 0 Å². The first kappa shape index (κ1) is 28.2. The summed E-state index contributed by atoms with van der Waals surface area (Å²) in [5, 5.41) is 3.65. The van der Waals surface area contributed by atoms with Crippen molar-refractivity contribution in [3.05, 3.63) is 71.4 Å². The number of nitrogens with zero attached hydrogens (tertiary/aromatic N) is 4. The number of aromatic nitrogens is 2. The third-order valence-corrected chi connectivity index (χ3v) is 6.52. The van der Waals surface area contributed by atoms with Crippen LogP contribution in [0.4, 0.5) is 4.79 Å². The molecule has 1 aromatic heterocycles. The molecule has 37 heavy (non-hydrogen) atoms. The minimum atomic E-state index is -0.520. The number of carbonyl (C=O) groups is 1. The fourth-order valence-corrected chi connectivity index (χ4v) is 4.38. The lowest BCUT2D eigenvalue weighted by Gasteiger charge is -2.48. The smallest absolute Gasteiger partial charge is 0.410 e. The molecule has 1 aliphatic rings. The monoisotopic (exact) mass is 505 g/mol. The highest BCUT2D eigenvalue weighted by atomic mass is 16.6. The predicted octanol–water partition coefficient (Wildman–Crippen LogP) is 6.19. The SMILES string of the molecule is C\C=C(NCc1ccc2nccnc2c1)/C(=C\C=C(/C)CC)N1CCN(C(=O)OC(C)(C)C)C(C)(C)C1. The van der Waals surface area contributed by atoms with Crippen molar-refractivity contribution in [2.75, 3.05) is 19.6 Å². The molecule has 0 radical (unpaired) electrons. The van der Waals surface area contributed by atoms with E-state index in [-0.39, 0.29) is 11.6 Å². The van der Waals surface area contributed by atoms with Gasteiger partial charge in [0.25, 0.3) is 0 Å². The molecular weight excluding hydrogens is 462 g/mol. The Kier molecular flexibility index (Phi) is 9.00. The van der Waals surface area contributed by atoms with Crippen molar-refractivity contribution < 1.29 is 9.53 Å². The number of piperazine rings is 1. The molecule has 0 spiro atoms. The van der Waals surface area contributed by atoms with Crippen LogP contribution in [-0.2, 0) is 11.3 Å². The van der Waals surface area contributed by atoms with Gasteiger partial charge in [-0.15, -0.1) is 0 Å². The van der Waals surface area contributed by atoms with Crippen LogP contribution in [0.3, 0.4) is 0 Å². The van der Waals surface area contributed by atoms with Crippen LogP contribution >= 0.6 is 0 Å². The fraction of sp³-hybridized carbons (Fsp3) is 0.500. The molecule has 0 saturated carbocycles. The molecule has 7 heteroatoms. The van der Waals surface area contributed by atoms with Crippen molar-refractivity contribution in [1.29, 1.82) is 0 Å². The second kappa shape index (κ2) is 11.8. The van der Waals surface area contributed by atoms with Gasteiger partial charge in [0.1, 0.15) is 5.60 Å². The topological polar surface area (TPSA) is 70.6 Å². The quantitative estimate of drug-likeness (QED) is 0.452. The van der Waals surface area contributed by atoms with E-state index in [1.165, 1.54) is 5.57 Å². The zero-order chi connectivity index (χ0) is 27.2. The summed E-state index contributed by atoms with van der Waals surface area (Å²) in [5.41, 5.74) is 5.50. The Hall–Kier alpha value is -3.35. The van der Waals surface area contributed by atoms with Crippen molar-refractivity contribution in [1.82, 2.24) is 25.1 Å². The molecule has 2 aromatic rings. The number of rotatable bonds is 7. The number of hydrogen-bond donors (Lipinski definition) is 1. The van der Waals surface area contributed by atoms with Crippen molar-refractivity contribution in [2.45, 2.75) is 79.5 Å². The Bertz CT molecular complexity index is 1190. The number of nitrogens with one attached hydrogen (secondary N) is 1. The van der Waals surface area contributed by atoms with E-state index in [2.05, 4.69) is 85.2 Å². The van der Waals surface area contributed by atoms with Crippen molar-refractivity contribution >= 4 is 17.1 Å². The predicted molar refractivity (Wildman–Crippen MR) is 151 cm³/mol. The van der Waals surface area contributed by atoms with Gasteiger partial charge in [0, 0.05) is 38.6 Å². The third-order valence-electron chi connectivity index (χ3n) is 6.52. The zero-order valence-electron chi connectivity index (χ0n) is 23.8. The van der Waals surface area contributed by atoms with Crippen LogP contribution in [0.2, 0.25) is 0 Å². The van der Waals surface area contributed by atoms with E-state index < -0.39 is 5.60 Å². The Balaban J connectivity index is 1.82. The van der Waals surface area contributed by atoms with Crippen LogP contribution < -0.4 is 5.32 Å². The van der Waals surface area contributed by atoms with Gasteiger partial charge in [0.15, 0.2) is 0 Å². The minimum absolute atomic E-state index is 0.256. The van der Waals surface area contributed by atoms with Crippen LogP contribution in [-0.4, -0.2) is 56.6 Å². The summed E-state index contributed by atoms with van der Waals surface area (Å²) in [6, 6.07) is 6.18. The largest absolute Gasteiger partial charge is 0.444 e. The lowest BCUT2D eigenvalue weighted by atomic mass is 9.98. The van der Waals surface area contributed by atoms with E-state index in [4.69, 9.17) is 4.74 Å². The number of allylic oxidation sites excluding steroid dienone is 4. The molecule has 0 unspecified atom stereocenters. The molecule has 0 bridgehead atoms. The first-order valence-corrected chi connectivity index (χ1v) is 13.2. The molecule has 1 aromatic carbocycles. The average molecular weight is 506 g/mol. The van der Waals surface area contributed by atoms with Gasteiger partial charge >= 0.3 is 6.09 Å². The van der Waals surface area contributed by atoms with Crippen LogP contribution in [0.5, 0.6) is 0 Å². The van der Waals surface area contributed by atoms with Crippen LogP contribution in [0, 0.1) is 0 Å². The Morgan fingerprint density at radius 3 is 2.46 bits per heavy atom. The summed E-state index contributed by atoms with van der Waals surface area (Å²) in [4.78, 5) is 26.0. The molecule has 3 rings (SSSR count). The molecule has 200 valence electrons. The second-order valence-corrected chi connectivity index (χ2v) is 11.2. The Morgan fingerprint density at radius 1 is 1.14 bits per heavy atom. The molecule has 1 saturated heterocycles. The highest BCUT2D eigenvalue weighted by molar-refractivity contribution is 5.74. The van der Waals surface area contributed by atoms with Gasteiger partial charge < -0.3 is 15.0 Å². The maximum absolute atomic E-state index is 12.9. The van der Waals surface area contributed by atoms with Gasteiger partial charge in [0.2, 0.25) is 0 Å². The normalized spacial score (nSPS) is 17.2. The van der Waals surface area contributed by atoms with Gasteiger partial charge in [-0.1, -0.05) is 30.7 Å². The van der Waals surface area contributed by atoms with Crippen LogP contribution in [0.1, 0.15) is 67.4 Å². The maximum atomic E-state index is 12.9. The molecule has 2 heterocycles. The van der Waals surface area contributed by atoms with E-state index in [0.29, 0.717) is 19.6 Å². The Labute approximate surface area is 222 Å².